The van der Waals surface area contributed by atoms with Crippen molar-refractivity contribution in [3.63, 3.8) is 0 Å². The van der Waals surface area contributed by atoms with E-state index >= 15 is 0 Å². The molecule has 0 bridgehead atoms. The summed E-state index contributed by atoms with van der Waals surface area (Å²) in [5.41, 5.74) is 5.98. The number of fused-ring (bicyclic) bond motifs is 1. The van der Waals surface area contributed by atoms with E-state index < -0.39 is 5.60 Å². The summed E-state index contributed by atoms with van der Waals surface area (Å²) in [6, 6.07) is 17.2. The highest BCUT2D eigenvalue weighted by molar-refractivity contribution is 6.00. The summed E-state index contributed by atoms with van der Waals surface area (Å²) in [4.78, 5) is 21.0. The van der Waals surface area contributed by atoms with Crippen LogP contribution in [-0.2, 0) is 14.3 Å². The van der Waals surface area contributed by atoms with Crippen LogP contribution in [0.15, 0.2) is 67.1 Å². The second kappa shape index (κ2) is 13.3. The third-order valence-electron chi connectivity index (χ3n) is 7.18. The Bertz CT molecular complexity index is 1510. The van der Waals surface area contributed by atoms with Gasteiger partial charge in [-0.25, -0.2) is 14.6 Å². The van der Waals surface area contributed by atoms with Crippen molar-refractivity contribution in [1.82, 2.24) is 19.7 Å². The van der Waals surface area contributed by atoms with Crippen LogP contribution in [0.3, 0.4) is 0 Å². The summed E-state index contributed by atoms with van der Waals surface area (Å²) in [7, 11) is 0. The number of rotatable bonds is 10. The Morgan fingerprint density at radius 2 is 1.79 bits per heavy atom. The summed E-state index contributed by atoms with van der Waals surface area (Å²) in [5, 5.41) is 5.76. The molecule has 3 heterocycles. The standard InChI is InChI=1S/C34H40N4O4/c1-5-28(24-12-7-6-8-13-24)32(25-16-17-29-26(20-25)23-37-38(29)30-14-9-10-18-40-30)27-21-35-33(36-22-27)41-19-11-15-31(39)42-34(2,3)4/h6-8,12-13,16-17,20-23,30H,5,9-11,14-15,18-19H2,1-4H3/b32-28-. The van der Waals surface area contributed by atoms with Crippen LogP contribution in [0.2, 0.25) is 0 Å². The number of hydrogen-bond donors (Lipinski definition) is 0. The minimum Gasteiger partial charge on any atom is -0.463 e. The lowest BCUT2D eigenvalue weighted by Gasteiger charge is -2.23. The predicted octanol–water partition coefficient (Wildman–Crippen LogP) is 7.40. The first-order valence-corrected chi connectivity index (χ1v) is 14.9. The normalized spacial score (nSPS) is 16.2. The van der Waals surface area contributed by atoms with Crippen molar-refractivity contribution in [2.24, 2.45) is 0 Å². The van der Waals surface area contributed by atoms with Gasteiger partial charge in [0.2, 0.25) is 0 Å². The van der Waals surface area contributed by atoms with Crippen molar-refractivity contribution < 1.29 is 19.0 Å². The van der Waals surface area contributed by atoms with Crippen molar-refractivity contribution in [2.75, 3.05) is 13.2 Å². The number of aromatic nitrogens is 4. The van der Waals surface area contributed by atoms with Gasteiger partial charge in [-0.1, -0.05) is 43.3 Å². The van der Waals surface area contributed by atoms with E-state index in [1.54, 1.807) is 0 Å². The molecule has 0 spiro atoms. The summed E-state index contributed by atoms with van der Waals surface area (Å²) in [5.74, 6) is -0.237. The molecule has 0 saturated carbocycles. The van der Waals surface area contributed by atoms with E-state index in [0.29, 0.717) is 13.0 Å². The Hall–Kier alpha value is -4.04. The Balaban J connectivity index is 1.41. The number of ether oxygens (including phenoxy) is 3. The van der Waals surface area contributed by atoms with Crippen molar-refractivity contribution in [3.05, 3.63) is 83.8 Å². The predicted molar refractivity (Wildman–Crippen MR) is 164 cm³/mol. The van der Waals surface area contributed by atoms with Crippen molar-refractivity contribution in [1.29, 1.82) is 0 Å². The van der Waals surface area contributed by atoms with Crippen LogP contribution in [0.5, 0.6) is 6.01 Å². The van der Waals surface area contributed by atoms with E-state index in [-0.39, 0.29) is 24.6 Å². The van der Waals surface area contributed by atoms with Gasteiger partial charge in [0, 0.05) is 36.4 Å². The van der Waals surface area contributed by atoms with Crippen molar-refractivity contribution in [2.45, 2.75) is 78.0 Å². The molecular formula is C34H40N4O4. The van der Waals surface area contributed by atoms with Crippen LogP contribution in [0.1, 0.15) is 89.1 Å². The highest BCUT2D eigenvalue weighted by atomic mass is 16.6. The molecule has 1 aliphatic heterocycles. The lowest BCUT2D eigenvalue weighted by molar-refractivity contribution is -0.155. The highest BCUT2D eigenvalue weighted by Gasteiger charge is 2.20. The molecule has 1 saturated heterocycles. The van der Waals surface area contributed by atoms with Gasteiger partial charge in [0.1, 0.15) is 5.60 Å². The Morgan fingerprint density at radius 1 is 1.00 bits per heavy atom. The SMILES string of the molecule is CC/C(=C(/c1cnc(OCCCC(=O)OC(C)(C)C)nc1)c1ccc2c(cnn2C2CCCCO2)c1)c1ccccc1. The zero-order valence-corrected chi connectivity index (χ0v) is 25.0. The number of benzene rings is 2. The average Bonchev–Trinajstić information content (AvgIpc) is 3.42. The lowest BCUT2D eigenvalue weighted by atomic mass is 9.89. The number of nitrogens with zero attached hydrogens (tertiary/aromatic N) is 4. The van der Waals surface area contributed by atoms with Crippen LogP contribution in [0.25, 0.3) is 22.0 Å². The second-order valence-electron chi connectivity index (χ2n) is 11.5. The number of carbonyl (C=O) groups is 1. The Kier molecular flexibility index (Phi) is 9.32. The summed E-state index contributed by atoms with van der Waals surface area (Å²) < 4.78 is 19.1. The molecule has 1 atom stereocenters. The third kappa shape index (κ3) is 7.23. The zero-order chi connectivity index (χ0) is 29.5. The number of allylic oxidation sites excluding steroid dienone is 1. The van der Waals surface area contributed by atoms with Crippen LogP contribution < -0.4 is 4.74 Å². The molecular weight excluding hydrogens is 528 g/mol. The van der Waals surface area contributed by atoms with Crippen molar-refractivity contribution >= 4 is 28.0 Å². The second-order valence-corrected chi connectivity index (χ2v) is 11.5. The van der Waals surface area contributed by atoms with Gasteiger partial charge in [0.25, 0.3) is 0 Å². The maximum absolute atomic E-state index is 12.0. The molecule has 2 aromatic carbocycles. The smallest absolute Gasteiger partial charge is 0.316 e. The maximum atomic E-state index is 12.0. The summed E-state index contributed by atoms with van der Waals surface area (Å²) >= 11 is 0. The fourth-order valence-electron chi connectivity index (χ4n) is 5.33. The van der Waals surface area contributed by atoms with E-state index in [9.17, 15) is 4.79 Å². The largest absolute Gasteiger partial charge is 0.463 e. The molecule has 0 amide bonds. The molecule has 1 unspecified atom stereocenters. The molecule has 1 aliphatic rings. The minimum atomic E-state index is -0.492. The van der Waals surface area contributed by atoms with E-state index in [2.05, 4.69) is 59.4 Å². The molecule has 0 radical (unpaired) electrons. The minimum absolute atomic E-state index is 0.0160. The van der Waals surface area contributed by atoms with Crippen LogP contribution in [0.4, 0.5) is 0 Å². The molecule has 0 N–H and O–H groups in total. The van der Waals surface area contributed by atoms with E-state index in [0.717, 1.165) is 65.5 Å². The molecule has 8 heteroatoms. The first-order chi connectivity index (χ1) is 20.3. The molecule has 1 fully saturated rings. The van der Waals surface area contributed by atoms with E-state index in [4.69, 9.17) is 19.3 Å². The molecule has 4 aromatic rings. The van der Waals surface area contributed by atoms with Gasteiger partial charge in [-0.15, -0.1) is 0 Å². The molecule has 8 nitrogen and oxygen atoms in total. The monoisotopic (exact) mass is 568 g/mol. The molecule has 220 valence electrons. The van der Waals surface area contributed by atoms with Gasteiger partial charge >= 0.3 is 12.0 Å². The van der Waals surface area contributed by atoms with Gasteiger partial charge < -0.3 is 14.2 Å². The first-order valence-electron chi connectivity index (χ1n) is 14.9. The zero-order valence-electron chi connectivity index (χ0n) is 25.0. The number of carbonyl (C=O) groups excluding carboxylic acids is 1. The van der Waals surface area contributed by atoms with Crippen LogP contribution in [-0.4, -0.2) is 44.5 Å². The maximum Gasteiger partial charge on any atom is 0.316 e. The van der Waals surface area contributed by atoms with Gasteiger partial charge in [-0.05, 0) is 87.3 Å². The lowest BCUT2D eigenvalue weighted by Crippen LogP contribution is -2.24. The Morgan fingerprint density at radius 3 is 2.48 bits per heavy atom. The van der Waals surface area contributed by atoms with Crippen LogP contribution in [0, 0.1) is 0 Å². The molecule has 5 rings (SSSR count). The van der Waals surface area contributed by atoms with Crippen molar-refractivity contribution in [3.8, 4) is 6.01 Å². The number of hydrogen-bond acceptors (Lipinski definition) is 7. The quantitative estimate of drug-likeness (QED) is 0.112. The van der Waals surface area contributed by atoms with E-state index in [1.807, 2.05) is 50.1 Å². The fraction of sp³-hybridized carbons (Fsp3) is 0.412. The third-order valence-corrected chi connectivity index (χ3v) is 7.18. The molecule has 42 heavy (non-hydrogen) atoms. The molecule has 2 aromatic heterocycles. The number of esters is 1. The molecule has 0 aliphatic carbocycles. The highest BCUT2D eigenvalue weighted by Crippen LogP contribution is 2.36. The summed E-state index contributed by atoms with van der Waals surface area (Å²) in [6.45, 7) is 8.85. The van der Waals surface area contributed by atoms with Crippen LogP contribution >= 0.6 is 0 Å². The first kappa shape index (κ1) is 29.5. The van der Waals surface area contributed by atoms with E-state index in [1.165, 1.54) is 5.57 Å². The summed E-state index contributed by atoms with van der Waals surface area (Å²) in [6.07, 6.45) is 10.4. The fourth-order valence-corrected chi connectivity index (χ4v) is 5.33. The van der Waals surface area contributed by atoms with Gasteiger partial charge in [0.15, 0.2) is 6.23 Å². The van der Waals surface area contributed by atoms with Gasteiger partial charge in [-0.2, -0.15) is 5.10 Å². The Labute approximate surface area is 247 Å². The topological polar surface area (TPSA) is 88.4 Å². The average molecular weight is 569 g/mol. The van der Waals surface area contributed by atoms with Gasteiger partial charge in [0.05, 0.1) is 18.3 Å². The van der Waals surface area contributed by atoms with Gasteiger partial charge in [-0.3, -0.25) is 4.79 Å².